The van der Waals surface area contributed by atoms with Crippen molar-refractivity contribution in [2.75, 3.05) is 11.1 Å². The predicted molar refractivity (Wildman–Crippen MR) is 109 cm³/mol. The number of hydrogen-bond donors (Lipinski definition) is 1. The second kappa shape index (κ2) is 8.86. The molecule has 1 atom stereocenters. The van der Waals surface area contributed by atoms with E-state index in [1.54, 1.807) is 0 Å². The molecule has 1 heterocycles. The molecule has 140 valence electrons. The minimum absolute atomic E-state index is 0.0916. The first-order valence-corrected chi connectivity index (χ1v) is 9.97. The third-order valence-electron chi connectivity index (χ3n) is 4.38. The Morgan fingerprint density at radius 1 is 1.19 bits per heavy atom. The fraction of sp³-hybridized carbons (Fsp3) is 0.286. The Morgan fingerprint density at radius 2 is 2.00 bits per heavy atom. The molecule has 0 fully saturated rings. The van der Waals surface area contributed by atoms with Gasteiger partial charge in [0.25, 0.3) is 5.22 Å². The van der Waals surface area contributed by atoms with Gasteiger partial charge in [-0.15, -0.1) is 10.2 Å². The van der Waals surface area contributed by atoms with Crippen LogP contribution in [0.2, 0.25) is 0 Å². The SMILES string of the molecule is CC[C@H](C)c1ccccc1NC(=O)CSc1nnc(-c2cccc(C)c2)o1. The number of nitrogens with one attached hydrogen (secondary N) is 1. The summed E-state index contributed by atoms with van der Waals surface area (Å²) in [5, 5.41) is 11.5. The molecule has 1 N–H and O–H groups in total. The average molecular weight is 382 g/mol. The molecule has 1 aromatic heterocycles. The van der Waals surface area contributed by atoms with E-state index in [9.17, 15) is 4.79 Å². The van der Waals surface area contributed by atoms with E-state index >= 15 is 0 Å². The molecule has 0 saturated heterocycles. The minimum Gasteiger partial charge on any atom is -0.411 e. The van der Waals surface area contributed by atoms with Crippen LogP contribution in [0.15, 0.2) is 58.2 Å². The van der Waals surface area contributed by atoms with Gasteiger partial charge in [-0.05, 0) is 43.0 Å². The van der Waals surface area contributed by atoms with Gasteiger partial charge in [0, 0.05) is 11.3 Å². The normalized spacial score (nSPS) is 12.0. The Bertz CT molecular complexity index is 923. The third kappa shape index (κ3) is 4.98. The van der Waals surface area contributed by atoms with Crippen LogP contribution in [-0.4, -0.2) is 21.9 Å². The number of carbonyl (C=O) groups excluding carboxylic acids is 1. The molecule has 0 aliphatic rings. The second-order valence-corrected chi connectivity index (χ2v) is 7.40. The van der Waals surface area contributed by atoms with Crippen molar-refractivity contribution in [1.82, 2.24) is 10.2 Å². The Balaban J connectivity index is 1.61. The van der Waals surface area contributed by atoms with Gasteiger partial charge in [-0.25, -0.2) is 0 Å². The summed E-state index contributed by atoms with van der Waals surface area (Å²) in [5.74, 6) is 0.973. The average Bonchev–Trinajstić information content (AvgIpc) is 3.15. The van der Waals surface area contributed by atoms with E-state index in [4.69, 9.17) is 4.42 Å². The number of benzene rings is 2. The van der Waals surface area contributed by atoms with Crippen LogP contribution < -0.4 is 5.32 Å². The Labute approximate surface area is 163 Å². The number of rotatable bonds is 7. The van der Waals surface area contributed by atoms with E-state index in [1.165, 1.54) is 11.8 Å². The zero-order valence-electron chi connectivity index (χ0n) is 15.7. The fourth-order valence-electron chi connectivity index (χ4n) is 2.74. The highest BCUT2D eigenvalue weighted by molar-refractivity contribution is 7.99. The number of aryl methyl sites for hydroxylation is 1. The highest BCUT2D eigenvalue weighted by atomic mass is 32.2. The highest BCUT2D eigenvalue weighted by Gasteiger charge is 2.14. The summed E-state index contributed by atoms with van der Waals surface area (Å²) in [5.41, 5.74) is 4.02. The minimum atomic E-state index is -0.0916. The van der Waals surface area contributed by atoms with Gasteiger partial charge >= 0.3 is 0 Å². The topological polar surface area (TPSA) is 68.0 Å². The van der Waals surface area contributed by atoms with E-state index < -0.39 is 0 Å². The smallest absolute Gasteiger partial charge is 0.277 e. The number of hydrogen-bond acceptors (Lipinski definition) is 5. The second-order valence-electron chi connectivity index (χ2n) is 6.48. The fourth-order valence-corrected chi connectivity index (χ4v) is 3.30. The predicted octanol–water partition coefficient (Wildman–Crippen LogP) is 5.29. The van der Waals surface area contributed by atoms with Crippen LogP contribution in [0.25, 0.3) is 11.5 Å². The zero-order valence-corrected chi connectivity index (χ0v) is 16.5. The number of para-hydroxylation sites is 1. The number of thioether (sulfide) groups is 1. The molecule has 3 aromatic rings. The Kier molecular flexibility index (Phi) is 6.29. The number of amides is 1. The molecule has 1 amide bonds. The van der Waals surface area contributed by atoms with Crippen molar-refractivity contribution < 1.29 is 9.21 Å². The molecule has 0 radical (unpaired) electrons. The third-order valence-corrected chi connectivity index (χ3v) is 5.19. The first-order chi connectivity index (χ1) is 13.1. The standard InChI is InChI=1S/C21H23N3O2S/c1-4-15(3)17-10-5-6-11-18(17)22-19(25)13-27-21-24-23-20(26-21)16-9-7-8-14(2)12-16/h5-12,15H,4,13H2,1-3H3,(H,22,25)/t15-/m0/s1. The molecule has 0 aliphatic carbocycles. The molecule has 0 unspecified atom stereocenters. The van der Waals surface area contributed by atoms with Gasteiger partial charge in [-0.3, -0.25) is 4.79 Å². The van der Waals surface area contributed by atoms with Crippen molar-refractivity contribution in [1.29, 1.82) is 0 Å². The molecule has 0 aliphatic heterocycles. The van der Waals surface area contributed by atoms with Crippen molar-refractivity contribution in [2.45, 2.75) is 38.3 Å². The van der Waals surface area contributed by atoms with E-state index in [0.29, 0.717) is 17.0 Å². The molecule has 27 heavy (non-hydrogen) atoms. The highest BCUT2D eigenvalue weighted by Crippen LogP contribution is 2.27. The Hall–Kier alpha value is -2.60. The maximum atomic E-state index is 12.3. The number of nitrogens with zero attached hydrogens (tertiary/aromatic N) is 2. The summed E-state index contributed by atoms with van der Waals surface area (Å²) >= 11 is 1.24. The van der Waals surface area contributed by atoms with E-state index in [0.717, 1.165) is 28.8 Å². The van der Waals surface area contributed by atoms with Crippen LogP contribution in [0.3, 0.4) is 0 Å². The van der Waals surface area contributed by atoms with Crippen LogP contribution in [0.1, 0.15) is 37.3 Å². The Morgan fingerprint density at radius 3 is 2.78 bits per heavy atom. The summed E-state index contributed by atoms with van der Waals surface area (Å²) in [6.07, 6.45) is 1.02. The van der Waals surface area contributed by atoms with Gasteiger partial charge in [0.05, 0.1) is 5.75 Å². The lowest BCUT2D eigenvalue weighted by molar-refractivity contribution is -0.113. The largest absolute Gasteiger partial charge is 0.411 e. The first kappa shape index (κ1) is 19.2. The number of anilines is 1. The lowest BCUT2D eigenvalue weighted by Crippen LogP contribution is -2.15. The van der Waals surface area contributed by atoms with E-state index in [-0.39, 0.29) is 11.7 Å². The molecule has 6 heteroatoms. The summed E-state index contributed by atoms with van der Waals surface area (Å²) in [4.78, 5) is 12.3. The summed E-state index contributed by atoms with van der Waals surface area (Å²) in [6.45, 7) is 6.31. The van der Waals surface area contributed by atoms with Gasteiger partial charge in [0.1, 0.15) is 0 Å². The van der Waals surface area contributed by atoms with Crippen molar-refractivity contribution in [3.8, 4) is 11.5 Å². The molecule has 0 spiro atoms. The molecule has 3 rings (SSSR count). The first-order valence-electron chi connectivity index (χ1n) is 8.99. The summed E-state index contributed by atoms with van der Waals surface area (Å²) < 4.78 is 5.67. The molecule has 0 saturated carbocycles. The molecular formula is C21H23N3O2S. The van der Waals surface area contributed by atoms with Crippen LogP contribution >= 0.6 is 11.8 Å². The molecule has 0 bridgehead atoms. The lowest BCUT2D eigenvalue weighted by Gasteiger charge is -2.15. The van der Waals surface area contributed by atoms with E-state index in [2.05, 4.69) is 35.4 Å². The number of carbonyl (C=O) groups is 1. The van der Waals surface area contributed by atoms with Crippen molar-refractivity contribution in [3.63, 3.8) is 0 Å². The van der Waals surface area contributed by atoms with E-state index in [1.807, 2.05) is 49.4 Å². The summed E-state index contributed by atoms with van der Waals surface area (Å²) in [7, 11) is 0. The van der Waals surface area contributed by atoms with Crippen LogP contribution in [0, 0.1) is 6.92 Å². The van der Waals surface area contributed by atoms with Gasteiger partial charge in [-0.2, -0.15) is 0 Å². The van der Waals surface area contributed by atoms with Crippen molar-refractivity contribution >= 4 is 23.4 Å². The van der Waals surface area contributed by atoms with Gasteiger partial charge in [0.2, 0.25) is 11.8 Å². The lowest BCUT2D eigenvalue weighted by atomic mass is 9.97. The summed E-state index contributed by atoms with van der Waals surface area (Å²) in [6, 6.07) is 15.8. The maximum absolute atomic E-state index is 12.3. The van der Waals surface area contributed by atoms with Crippen molar-refractivity contribution in [2.24, 2.45) is 0 Å². The van der Waals surface area contributed by atoms with Gasteiger partial charge in [-0.1, -0.05) is 61.5 Å². The maximum Gasteiger partial charge on any atom is 0.277 e. The van der Waals surface area contributed by atoms with Crippen LogP contribution in [0.5, 0.6) is 0 Å². The molecule has 2 aromatic carbocycles. The van der Waals surface area contributed by atoms with Crippen molar-refractivity contribution in [3.05, 3.63) is 59.7 Å². The monoisotopic (exact) mass is 381 g/mol. The van der Waals surface area contributed by atoms with Crippen LogP contribution in [0.4, 0.5) is 5.69 Å². The van der Waals surface area contributed by atoms with Gasteiger partial charge < -0.3 is 9.73 Å². The molecular weight excluding hydrogens is 358 g/mol. The quantitative estimate of drug-likeness (QED) is 0.563. The van der Waals surface area contributed by atoms with Crippen LogP contribution in [-0.2, 0) is 4.79 Å². The van der Waals surface area contributed by atoms with Gasteiger partial charge in [0.15, 0.2) is 0 Å². The zero-order chi connectivity index (χ0) is 19.2. The number of aromatic nitrogens is 2. The molecule has 5 nitrogen and oxygen atoms in total.